The molecule has 0 spiro atoms. The van der Waals surface area contributed by atoms with Crippen molar-refractivity contribution in [1.29, 1.82) is 0 Å². The van der Waals surface area contributed by atoms with E-state index in [-0.39, 0.29) is 6.09 Å². The number of rotatable bonds is 1. The van der Waals surface area contributed by atoms with Crippen LogP contribution in [0.15, 0.2) is 12.2 Å². The molecule has 1 aliphatic heterocycles. The first-order chi connectivity index (χ1) is 6.34. The standard InChI is InChI=1S/C10H13NO2/c12-10-11(3-4-13-10)9-6-7-1-2-8(9)5-7/h1-2,7-9H,3-6H2/t7-,8+,9-/m1/s1. The Morgan fingerprint density at radius 2 is 2.31 bits per heavy atom. The Morgan fingerprint density at radius 1 is 1.38 bits per heavy atom. The molecule has 2 aliphatic carbocycles. The fourth-order valence-corrected chi connectivity index (χ4v) is 2.82. The minimum Gasteiger partial charge on any atom is -0.448 e. The second-order valence-corrected chi connectivity index (χ2v) is 4.16. The summed E-state index contributed by atoms with van der Waals surface area (Å²) in [5, 5.41) is 0. The van der Waals surface area contributed by atoms with Gasteiger partial charge in [0.2, 0.25) is 0 Å². The molecule has 3 rings (SSSR count). The van der Waals surface area contributed by atoms with Crippen LogP contribution in [0.3, 0.4) is 0 Å². The first kappa shape index (κ1) is 7.42. The van der Waals surface area contributed by atoms with Gasteiger partial charge in [0.1, 0.15) is 6.61 Å². The first-order valence-corrected chi connectivity index (χ1v) is 4.96. The van der Waals surface area contributed by atoms with Crippen molar-refractivity contribution in [3.05, 3.63) is 12.2 Å². The van der Waals surface area contributed by atoms with Gasteiger partial charge in [-0.3, -0.25) is 0 Å². The molecule has 70 valence electrons. The van der Waals surface area contributed by atoms with Crippen LogP contribution in [0, 0.1) is 11.8 Å². The van der Waals surface area contributed by atoms with Crippen molar-refractivity contribution < 1.29 is 9.53 Å². The molecule has 3 atom stereocenters. The molecule has 13 heavy (non-hydrogen) atoms. The molecule has 2 bridgehead atoms. The number of fused-ring (bicyclic) bond motifs is 2. The third kappa shape index (κ3) is 0.992. The van der Waals surface area contributed by atoms with Gasteiger partial charge in [0.05, 0.1) is 6.54 Å². The van der Waals surface area contributed by atoms with Crippen LogP contribution in [0.5, 0.6) is 0 Å². The number of ether oxygens (including phenoxy) is 1. The molecule has 1 saturated heterocycles. The Bertz CT molecular complexity index is 274. The van der Waals surface area contributed by atoms with Crippen LogP contribution in [0.1, 0.15) is 12.8 Å². The Labute approximate surface area is 77.4 Å². The van der Waals surface area contributed by atoms with E-state index in [2.05, 4.69) is 12.2 Å². The Balaban J connectivity index is 1.79. The van der Waals surface area contributed by atoms with Crippen LogP contribution in [-0.4, -0.2) is 30.2 Å². The molecule has 1 heterocycles. The van der Waals surface area contributed by atoms with E-state index in [0.717, 1.165) is 18.9 Å². The van der Waals surface area contributed by atoms with Crippen molar-refractivity contribution in [1.82, 2.24) is 4.90 Å². The lowest BCUT2D eigenvalue weighted by Crippen LogP contribution is -2.38. The normalized spacial score (nSPS) is 41.7. The largest absolute Gasteiger partial charge is 0.448 e. The Morgan fingerprint density at radius 3 is 2.85 bits per heavy atom. The fourth-order valence-electron chi connectivity index (χ4n) is 2.82. The molecular formula is C10H13NO2. The summed E-state index contributed by atoms with van der Waals surface area (Å²) in [7, 11) is 0. The van der Waals surface area contributed by atoms with Crippen molar-refractivity contribution >= 4 is 6.09 Å². The molecule has 0 aromatic heterocycles. The zero-order valence-electron chi connectivity index (χ0n) is 7.48. The summed E-state index contributed by atoms with van der Waals surface area (Å²) in [6.07, 6.45) is 6.85. The molecule has 0 aromatic carbocycles. The van der Waals surface area contributed by atoms with Crippen LogP contribution in [0.4, 0.5) is 4.79 Å². The van der Waals surface area contributed by atoms with Gasteiger partial charge in [0.15, 0.2) is 0 Å². The quantitative estimate of drug-likeness (QED) is 0.569. The van der Waals surface area contributed by atoms with Crippen molar-refractivity contribution in [2.24, 2.45) is 11.8 Å². The molecule has 1 saturated carbocycles. The van der Waals surface area contributed by atoms with E-state index >= 15 is 0 Å². The second-order valence-electron chi connectivity index (χ2n) is 4.16. The molecule has 3 aliphatic rings. The van der Waals surface area contributed by atoms with Crippen LogP contribution in [0.2, 0.25) is 0 Å². The number of carbonyl (C=O) groups is 1. The predicted molar refractivity (Wildman–Crippen MR) is 47.2 cm³/mol. The lowest BCUT2D eigenvalue weighted by molar-refractivity contribution is 0.143. The number of nitrogens with zero attached hydrogens (tertiary/aromatic N) is 1. The van der Waals surface area contributed by atoms with Gasteiger partial charge in [-0.15, -0.1) is 0 Å². The van der Waals surface area contributed by atoms with Crippen LogP contribution < -0.4 is 0 Å². The number of hydrogen-bond donors (Lipinski definition) is 0. The molecule has 0 aromatic rings. The molecule has 0 radical (unpaired) electrons. The number of hydrogen-bond acceptors (Lipinski definition) is 2. The molecule has 1 amide bonds. The third-order valence-corrected chi connectivity index (χ3v) is 3.44. The van der Waals surface area contributed by atoms with Gasteiger partial charge in [0.25, 0.3) is 0 Å². The topological polar surface area (TPSA) is 29.5 Å². The zero-order chi connectivity index (χ0) is 8.84. The Kier molecular flexibility index (Phi) is 1.43. The summed E-state index contributed by atoms with van der Waals surface area (Å²) in [6, 6.07) is 0.435. The van der Waals surface area contributed by atoms with E-state index in [9.17, 15) is 4.79 Å². The summed E-state index contributed by atoms with van der Waals surface area (Å²) in [4.78, 5) is 13.2. The summed E-state index contributed by atoms with van der Waals surface area (Å²) in [5.41, 5.74) is 0. The monoisotopic (exact) mass is 179 g/mol. The highest BCUT2D eigenvalue weighted by Crippen LogP contribution is 2.42. The van der Waals surface area contributed by atoms with E-state index in [1.165, 1.54) is 6.42 Å². The fraction of sp³-hybridized carbons (Fsp3) is 0.700. The summed E-state index contributed by atoms with van der Waals surface area (Å²) in [6.45, 7) is 1.37. The van der Waals surface area contributed by atoms with Crippen LogP contribution >= 0.6 is 0 Å². The lowest BCUT2D eigenvalue weighted by atomic mass is 10.0. The van der Waals surface area contributed by atoms with Crippen molar-refractivity contribution in [2.45, 2.75) is 18.9 Å². The van der Waals surface area contributed by atoms with E-state index in [4.69, 9.17) is 4.74 Å². The zero-order valence-corrected chi connectivity index (χ0v) is 7.48. The van der Waals surface area contributed by atoms with Gasteiger partial charge >= 0.3 is 6.09 Å². The SMILES string of the molecule is O=C1OCCN1[C@@H]1C[C@@H]2C=C[C@H]1C2. The Hall–Kier alpha value is -0.990. The van der Waals surface area contributed by atoms with E-state index < -0.39 is 0 Å². The smallest absolute Gasteiger partial charge is 0.410 e. The maximum absolute atomic E-state index is 11.3. The highest BCUT2D eigenvalue weighted by Gasteiger charge is 2.42. The number of amides is 1. The average Bonchev–Trinajstić information content (AvgIpc) is 2.77. The van der Waals surface area contributed by atoms with Crippen LogP contribution in [0.25, 0.3) is 0 Å². The predicted octanol–water partition coefficient (Wildman–Crippen LogP) is 1.40. The van der Waals surface area contributed by atoms with E-state index in [1.807, 2.05) is 4.90 Å². The third-order valence-electron chi connectivity index (χ3n) is 3.44. The van der Waals surface area contributed by atoms with Gasteiger partial charge in [-0.25, -0.2) is 4.79 Å². The van der Waals surface area contributed by atoms with Gasteiger partial charge in [0, 0.05) is 6.04 Å². The summed E-state index contributed by atoms with van der Waals surface area (Å²) in [5.74, 6) is 1.33. The summed E-state index contributed by atoms with van der Waals surface area (Å²) >= 11 is 0. The number of allylic oxidation sites excluding steroid dienone is 1. The van der Waals surface area contributed by atoms with Gasteiger partial charge < -0.3 is 9.64 Å². The average molecular weight is 179 g/mol. The maximum atomic E-state index is 11.3. The molecule has 2 fully saturated rings. The highest BCUT2D eigenvalue weighted by molar-refractivity contribution is 5.70. The molecular weight excluding hydrogens is 166 g/mol. The minimum atomic E-state index is -0.106. The second kappa shape index (κ2) is 2.50. The van der Waals surface area contributed by atoms with Crippen molar-refractivity contribution in [3.8, 4) is 0 Å². The molecule has 3 nitrogen and oxygen atoms in total. The molecule has 0 unspecified atom stereocenters. The van der Waals surface area contributed by atoms with Crippen LogP contribution in [-0.2, 0) is 4.74 Å². The van der Waals surface area contributed by atoms with E-state index in [1.54, 1.807) is 0 Å². The number of carbonyl (C=O) groups excluding carboxylic acids is 1. The number of cyclic esters (lactones) is 1. The molecule has 0 N–H and O–H groups in total. The van der Waals surface area contributed by atoms with E-state index in [0.29, 0.717) is 18.6 Å². The van der Waals surface area contributed by atoms with Gasteiger partial charge in [-0.1, -0.05) is 12.2 Å². The lowest BCUT2D eigenvalue weighted by Gasteiger charge is -2.26. The molecule has 3 heteroatoms. The summed E-state index contributed by atoms with van der Waals surface area (Å²) < 4.78 is 4.95. The van der Waals surface area contributed by atoms with Crippen molar-refractivity contribution in [2.75, 3.05) is 13.2 Å². The highest BCUT2D eigenvalue weighted by atomic mass is 16.6. The van der Waals surface area contributed by atoms with Crippen molar-refractivity contribution in [3.63, 3.8) is 0 Å². The minimum absolute atomic E-state index is 0.106. The van der Waals surface area contributed by atoms with Gasteiger partial charge in [-0.05, 0) is 24.7 Å². The first-order valence-electron chi connectivity index (χ1n) is 4.96. The van der Waals surface area contributed by atoms with Gasteiger partial charge in [-0.2, -0.15) is 0 Å². The maximum Gasteiger partial charge on any atom is 0.410 e.